The van der Waals surface area contributed by atoms with E-state index in [2.05, 4.69) is 5.10 Å². The summed E-state index contributed by atoms with van der Waals surface area (Å²) in [5.41, 5.74) is 1.01. The molecular weight excluding hydrogens is 256 g/mol. The minimum atomic E-state index is -0.216. The number of nitrogens with zero attached hydrogens (tertiary/aromatic N) is 4. The van der Waals surface area contributed by atoms with Gasteiger partial charge < -0.3 is 9.80 Å². The first-order valence-electron chi connectivity index (χ1n) is 6.90. The fourth-order valence-corrected chi connectivity index (χ4v) is 2.53. The van der Waals surface area contributed by atoms with Crippen molar-refractivity contribution in [3.8, 4) is 0 Å². The summed E-state index contributed by atoms with van der Waals surface area (Å²) in [7, 11) is 3.60. The van der Waals surface area contributed by atoms with Crippen LogP contribution in [0.1, 0.15) is 25.8 Å². The Hall–Kier alpha value is -1.85. The zero-order valence-electron chi connectivity index (χ0n) is 12.5. The number of amides is 2. The maximum Gasteiger partial charge on any atom is 0.228 e. The van der Waals surface area contributed by atoms with Gasteiger partial charge >= 0.3 is 0 Å². The van der Waals surface area contributed by atoms with Gasteiger partial charge in [0.05, 0.1) is 12.1 Å². The van der Waals surface area contributed by atoms with Crippen molar-refractivity contribution < 1.29 is 9.59 Å². The molecule has 0 saturated carbocycles. The minimum Gasteiger partial charge on any atom is -0.345 e. The number of likely N-dealkylation sites (tertiary alicyclic amines) is 1. The summed E-state index contributed by atoms with van der Waals surface area (Å²) in [5.74, 6) is -0.110. The highest BCUT2D eigenvalue weighted by Gasteiger charge is 2.35. The molecule has 2 rings (SSSR count). The monoisotopic (exact) mass is 278 g/mol. The van der Waals surface area contributed by atoms with Crippen molar-refractivity contribution in [3.63, 3.8) is 0 Å². The molecule has 1 fully saturated rings. The van der Waals surface area contributed by atoms with Gasteiger partial charge in [0, 0.05) is 51.4 Å². The molecule has 1 aromatic rings. The normalized spacial score (nSPS) is 18.9. The summed E-state index contributed by atoms with van der Waals surface area (Å²) >= 11 is 0. The van der Waals surface area contributed by atoms with Gasteiger partial charge in [0.2, 0.25) is 11.8 Å². The first kappa shape index (κ1) is 14.6. The van der Waals surface area contributed by atoms with E-state index in [4.69, 9.17) is 0 Å². The quantitative estimate of drug-likeness (QED) is 0.812. The van der Waals surface area contributed by atoms with Crippen molar-refractivity contribution >= 4 is 11.8 Å². The fraction of sp³-hybridized carbons (Fsp3) is 0.643. The van der Waals surface area contributed by atoms with Crippen LogP contribution in [-0.4, -0.2) is 51.0 Å². The SMILES string of the molecule is CC(C)N(Cc1cnn(C)c1)C(=O)[C@H]1CC(=O)N(C)C1. The van der Waals surface area contributed by atoms with E-state index in [0.29, 0.717) is 19.5 Å². The fourth-order valence-electron chi connectivity index (χ4n) is 2.53. The van der Waals surface area contributed by atoms with Gasteiger partial charge in [-0.1, -0.05) is 0 Å². The molecule has 0 bridgehead atoms. The van der Waals surface area contributed by atoms with E-state index in [1.54, 1.807) is 22.8 Å². The van der Waals surface area contributed by atoms with E-state index in [1.807, 2.05) is 32.0 Å². The van der Waals surface area contributed by atoms with Crippen molar-refractivity contribution in [2.24, 2.45) is 13.0 Å². The molecular formula is C14H22N4O2. The Kier molecular flexibility index (Phi) is 4.11. The van der Waals surface area contributed by atoms with Crippen LogP contribution in [0.25, 0.3) is 0 Å². The average molecular weight is 278 g/mol. The Labute approximate surface area is 119 Å². The van der Waals surface area contributed by atoms with Gasteiger partial charge in [0.25, 0.3) is 0 Å². The second-order valence-electron chi connectivity index (χ2n) is 5.76. The van der Waals surface area contributed by atoms with E-state index < -0.39 is 0 Å². The van der Waals surface area contributed by atoms with Gasteiger partial charge in [-0.2, -0.15) is 5.10 Å². The molecule has 1 aliphatic heterocycles. The Morgan fingerprint density at radius 3 is 2.65 bits per heavy atom. The van der Waals surface area contributed by atoms with E-state index in [1.165, 1.54) is 0 Å². The molecule has 0 unspecified atom stereocenters. The van der Waals surface area contributed by atoms with Crippen LogP contribution in [0.2, 0.25) is 0 Å². The molecule has 0 radical (unpaired) electrons. The van der Waals surface area contributed by atoms with Gasteiger partial charge in [0.15, 0.2) is 0 Å². The summed E-state index contributed by atoms with van der Waals surface area (Å²) in [6.07, 6.45) is 4.01. The van der Waals surface area contributed by atoms with E-state index in [-0.39, 0.29) is 23.8 Å². The van der Waals surface area contributed by atoms with E-state index in [0.717, 1.165) is 5.56 Å². The molecule has 2 amide bonds. The number of aryl methyl sites for hydroxylation is 1. The summed E-state index contributed by atoms with van der Waals surface area (Å²) in [5, 5.41) is 4.13. The second kappa shape index (κ2) is 5.64. The predicted molar refractivity (Wildman–Crippen MR) is 74.6 cm³/mol. The molecule has 1 aromatic heterocycles. The summed E-state index contributed by atoms with van der Waals surface area (Å²) in [4.78, 5) is 27.7. The van der Waals surface area contributed by atoms with Crippen molar-refractivity contribution in [2.75, 3.05) is 13.6 Å². The average Bonchev–Trinajstić information content (AvgIpc) is 2.92. The Morgan fingerprint density at radius 2 is 2.20 bits per heavy atom. The zero-order valence-corrected chi connectivity index (χ0v) is 12.5. The van der Waals surface area contributed by atoms with Gasteiger partial charge in [-0.25, -0.2) is 0 Å². The molecule has 2 heterocycles. The van der Waals surface area contributed by atoms with E-state index in [9.17, 15) is 9.59 Å². The van der Waals surface area contributed by atoms with Gasteiger partial charge in [0.1, 0.15) is 0 Å². The van der Waals surface area contributed by atoms with Crippen LogP contribution < -0.4 is 0 Å². The lowest BCUT2D eigenvalue weighted by Crippen LogP contribution is -2.41. The molecule has 6 nitrogen and oxygen atoms in total. The van der Waals surface area contributed by atoms with Gasteiger partial charge in [-0.15, -0.1) is 0 Å². The maximum atomic E-state index is 12.6. The summed E-state index contributed by atoms with van der Waals surface area (Å²) in [6, 6.07) is 0.101. The second-order valence-corrected chi connectivity index (χ2v) is 5.76. The molecule has 0 aromatic carbocycles. The maximum absolute atomic E-state index is 12.6. The van der Waals surface area contributed by atoms with Crippen molar-refractivity contribution in [1.29, 1.82) is 0 Å². The molecule has 1 atom stereocenters. The predicted octanol–water partition coefficient (Wildman–Crippen LogP) is 0.635. The van der Waals surface area contributed by atoms with Gasteiger partial charge in [-0.05, 0) is 13.8 Å². The topological polar surface area (TPSA) is 58.4 Å². The minimum absolute atomic E-state index is 0.0495. The van der Waals surface area contributed by atoms with Crippen molar-refractivity contribution in [1.82, 2.24) is 19.6 Å². The molecule has 110 valence electrons. The lowest BCUT2D eigenvalue weighted by atomic mass is 10.1. The lowest BCUT2D eigenvalue weighted by Gasteiger charge is -2.28. The molecule has 20 heavy (non-hydrogen) atoms. The third kappa shape index (κ3) is 3.00. The van der Waals surface area contributed by atoms with Crippen LogP contribution in [0, 0.1) is 5.92 Å². The third-order valence-electron chi connectivity index (χ3n) is 3.71. The number of aromatic nitrogens is 2. The summed E-state index contributed by atoms with van der Waals surface area (Å²) < 4.78 is 1.73. The number of hydrogen-bond donors (Lipinski definition) is 0. The highest BCUT2D eigenvalue weighted by molar-refractivity contribution is 5.89. The van der Waals surface area contributed by atoms with Crippen LogP contribution in [0.15, 0.2) is 12.4 Å². The lowest BCUT2D eigenvalue weighted by molar-refractivity contribution is -0.138. The highest BCUT2D eigenvalue weighted by atomic mass is 16.2. The number of carbonyl (C=O) groups excluding carboxylic acids is 2. The van der Waals surface area contributed by atoms with Crippen LogP contribution in [0.3, 0.4) is 0 Å². The molecule has 1 saturated heterocycles. The van der Waals surface area contributed by atoms with Crippen LogP contribution >= 0.6 is 0 Å². The first-order valence-corrected chi connectivity index (χ1v) is 6.90. The number of rotatable bonds is 4. The zero-order chi connectivity index (χ0) is 14.9. The van der Waals surface area contributed by atoms with Gasteiger partial charge in [-0.3, -0.25) is 14.3 Å². The van der Waals surface area contributed by atoms with Crippen LogP contribution in [0.4, 0.5) is 0 Å². The number of hydrogen-bond acceptors (Lipinski definition) is 3. The Bertz CT molecular complexity index is 509. The first-order chi connectivity index (χ1) is 9.38. The smallest absolute Gasteiger partial charge is 0.228 e. The Balaban J connectivity index is 2.08. The molecule has 0 N–H and O–H groups in total. The molecule has 0 aliphatic carbocycles. The van der Waals surface area contributed by atoms with Crippen molar-refractivity contribution in [2.45, 2.75) is 32.9 Å². The van der Waals surface area contributed by atoms with Crippen LogP contribution in [-0.2, 0) is 23.2 Å². The number of carbonyl (C=O) groups is 2. The van der Waals surface area contributed by atoms with Crippen LogP contribution in [0.5, 0.6) is 0 Å². The third-order valence-corrected chi connectivity index (χ3v) is 3.71. The van der Waals surface area contributed by atoms with E-state index >= 15 is 0 Å². The molecule has 6 heteroatoms. The standard InChI is InChI=1S/C14H22N4O2/c1-10(2)18(8-11-6-15-17(4)7-11)14(20)12-5-13(19)16(3)9-12/h6-7,10,12H,5,8-9H2,1-4H3/t12-/m0/s1. The largest absolute Gasteiger partial charge is 0.345 e. The molecule has 0 spiro atoms. The summed E-state index contributed by atoms with van der Waals surface area (Å²) in [6.45, 7) is 5.05. The Morgan fingerprint density at radius 1 is 1.50 bits per heavy atom. The highest BCUT2D eigenvalue weighted by Crippen LogP contribution is 2.21. The van der Waals surface area contributed by atoms with Crippen molar-refractivity contribution in [3.05, 3.63) is 18.0 Å². The molecule has 1 aliphatic rings.